The Hall–Kier alpha value is -5.80. The largest absolute Gasteiger partial charge is 0.376 e. The first kappa shape index (κ1) is 30.8. The average Bonchev–Trinajstić information content (AvgIpc) is 3.62. The van der Waals surface area contributed by atoms with E-state index in [1.165, 1.54) is 105 Å². The van der Waals surface area contributed by atoms with E-state index in [4.69, 9.17) is 0 Å². The second kappa shape index (κ2) is 10.4. The van der Waals surface area contributed by atoms with Gasteiger partial charge in [0, 0.05) is 44.4 Å². The van der Waals surface area contributed by atoms with Crippen molar-refractivity contribution in [1.29, 1.82) is 0 Å². The van der Waals surface area contributed by atoms with Crippen LogP contribution in [0.5, 0.6) is 0 Å². The molecular weight excluding hydrogens is 639 g/mol. The fraction of sp³-hybridized carbons (Fsp3) is 0.160. The zero-order valence-electron chi connectivity index (χ0n) is 31.3. The maximum absolute atomic E-state index is 2.72. The SMILES string of the molecule is Cc1cc2c3c(c1)-n1c4ccccc4c4cccc(c41)B3N(c1ccc(C(C)(C)C)cc1-c1ccccc1)c1ccc3c(c1-2)C(C)(C)c1ccccc1-3. The van der Waals surface area contributed by atoms with Gasteiger partial charge in [-0.25, -0.2) is 0 Å². The molecule has 3 aliphatic rings. The predicted octanol–water partition coefficient (Wildman–Crippen LogP) is 11.6. The van der Waals surface area contributed by atoms with E-state index in [1.54, 1.807) is 0 Å². The Balaban J connectivity index is 1.33. The molecule has 0 fully saturated rings. The van der Waals surface area contributed by atoms with Crippen LogP contribution in [0.2, 0.25) is 0 Å². The van der Waals surface area contributed by atoms with Crippen molar-refractivity contribution in [2.75, 3.05) is 4.81 Å². The van der Waals surface area contributed by atoms with E-state index >= 15 is 0 Å². The lowest BCUT2D eigenvalue weighted by Crippen LogP contribution is -2.61. The Bertz CT molecular complexity index is 2870. The van der Waals surface area contributed by atoms with E-state index in [2.05, 4.69) is 190 Å². The topological polar surface area (TPSA) is 8.17 Å². The Morgan fingerprint density at radius 2 is 1.32 bits per heavy atom. The Labute approximate surface area is 312 Å². The highest BCUT2D eigenvalue weighted by molar-refractivity contribution is 6.93. The molecule has 0 N–H and O–H groups in total. The summed E-state index contributed by atoms with van der Waals surface area (Å²) >= 11 is 0. The van der Waals surface area contributed by atoms with Crippen LogP contribution in [0.25, 0.3) is 60.9 Å². The van der Waals surface area contributed by atoms with Crippen molar-refractivity contribution < 1.29 is 0 Å². The van der Waals surface area contributed by atoms with Crippen LogP contribution in [0.1, 0.15) is 56.9 Å². The molecule has 7 aromatic carbocycles. The van der Waals surface area contributed by atoms with E-state index in [9.17, 15) is 0 Å². The van der Waals surface area contributed by atoms with Crippen molar-refractivity contribution in [3.05, 3.63) is 162 Å². The number of rotatable bonds is 2. The third kappa shape index (κ3) is 4.00. The number of benzene rings is 7. The average molecular weight is 681 g/mol. The van der Waals surface area contributed by atoms with Crippen LogP contribution < -0.4 is 15.7 Å². The molecule has 0 atom stereocenters. The minimum absolute atomic E-state index is 0.00710. The van der Waals surface area contributed by atoms with Gasteiger partial charge in [-0.2, -0.15) is 0 Å². The molecule has 2 aliphatic heterocycles. The second-order valence-electron chi connectivity index (χ2n) is 17.0. The molecule has 254 valence electrons. The van der Waals surface area contributed by atoms with Crippen molar-refractivity contribution in [1.82, 2.24) is 4.57 Å². The number of aryl methyl sites for hydroxylation is 1. The van der Waals surface area contributed by atoms with Crippen LogP contribution >= 0.6 is 0 Å². The van der Waals surface area contributed by atoms with Crippen molar-refractivity contribution >= 4 is 51.0 Å². The van der Waals surface area contributed by atoms with E-state index in [0.717, 1.165) is 0 Å². The van der Waals surface area contributed by atoms with Gasteiger partial charge in [0.2, 0.25) is 0 Å². The summed E-state index contributed by atoms with van der Waals surface area (Å²) in [6.45, 7) is 14.1. The number of nitrogens with zero attached hydrogens (tertiary/aromatic N) is 2. The first-order valence-corrected chi connectivity index (χ1v) is 19.1. The van der Waals surface area contributed by atoms with E-state index in [1.807, 2.05) is 0 Å². The van der Waals surface area contributed by atoms with Crippen LogP contribution in [-0.2, 0) is 10.8 Å². The van der Waals surface area contributed by atoms with Crippen LogP contribution in [0, 0.1) is 6.92 Å². The molecule has 3 heteroatoms. The summed E-state index contributed by atoms with van der Waals surface area (Å²) in [5, 5.41) is 2.62. The number of aromatic nitrogens is 1. The Morgan fingerprint density at radius 3 is 2.15 bits per heavy atom. The summed E-state index contributed by atoms with van der Waals surface area (Å²) in [6, 6.07) is 53.1. The summed E-state index contributed by atoms with van der Waals surface area (Å²) < 4.78 is 2.58. The lowest BCUT2D eigenvalue weighted by molar-refractivity contribution is 0.590. The first-order valence-electron chi connectivity index (χ1n) is 19.1. The minimum atomic E-state index is -0.176. The molecule has 0 saturated carbocycles. The number of para-hydroxylation sites is 2. The summed E-state index contributed by atoms with van der Waals surface area (Å²) in [5.41, 5.74) is 22.4. The molecule has 3 heterocycles. The van der Waals surface area contributed by atoms with Crippen molar-refractivity contribution in [2.24, 2.45) is 0 Å². The molecule has 1 aliphatic carbocycles. The fourth-order valence-corrected chi connectivity index (χ4v) is 10.2. The van der Waals surface area contributed by atoms with Crippen LogP contribution in [-0.4, -0.2) is 11.4 Å². The second-order valence-corrected chi connectivity index (χ2v) is 17.0. The molecule has 0 spiro atoms. The molecular formula is C50H41BN2. The van der Waals surface area contributed by atoms with E-state index in [-0.39, 0.29) is 17.7 Å². The summed E-state index contributed by atoms with van der Waals surface area (Å²) in [5.74, 6) is 0. The van der Waals surface area contributed by atoms with Gasteiger partial charge in [0.15, 0.2) is 0 Å². The third-order valence-corrected chi connectivity index (χ3v) is 12.5. The number of hydrogen-bond donors (Lipinski definition) is 0. The standard InChI is InChI=1S/C50H41BN2/c1-30-27-38-45-43(26-24-35-33-17-10-12-20-39(33)50(5,6)46(35)45)53(42-25-23-32(49(2,3)4)29-37(42)31-15-8-7-9-16-31)51-40-21-14-19-36-34-18-11-13-22-41(34)52(48(36)40)44(28-30)47(38)51/h7-29H,1-6H3. The van der Waals surface area contributed by atoms with E-state index < -0.39 is 0 Å². The highest BCUT2D eigenvalue weighted by atomic mass is 15.1. The number of hydrogen-bond acceptors (Lipinski definition) is 1. The first-order chi connectivity index (χ1) is 25.6. The van der Waals surface area contributed by atoms with Crippen molar-refractivity contribution in [3.8, 4) is 39.1 Å². The normalized spacial score (nSPS) is 14.7. The van der Waals surface area contributed by atoms with Gasteiger partial charge in [-0.15, -0.1) is 0 Å². The van der Waals surface area contributed by atoms with Crippen molar-refractivity contribution in [3.63, 3.8) is 0 Å². The highest BCUT2D eigenvalue weighted by Crippen LogP contribution is 2.57. The van der Waals surface area contributed by atoms with Crippen molar-refractivity contribution in [2.45, 2.75) is 52.4 Å². The Kier molecular flexibility index (Phi) is 6.05. The zero-order valence-corrected chi connectivity index (χ0v) is 31.3. The summed E-state index contributed by atoms with van der Waals surface area (Å²) in [7, 11) is 0. The lowest BCUT2D eigenvalue weighted by Gasteiger charge is -2.44. The highest BCUT2D eigenvalue weighted by Gasteiger charge is 2.48. The fourth-order valence-electron chi connectivity index (χ4n) is 10.2. The zero-order chi connectivity index (χ0) is 36.0. The molecule has 0 bridgehead atoms. The Morgan fingerprint density at radius 1 is 0.585 bits per heavy atom. The van der Waals surface area contributed by atoms with Gasteiger partial charge < -0.3 is 9.38 Å². The van der Waals surface area contributed by atoms with Gasteiger partial charge in [-0.05, 0) is 98.1 Å². The maximum Gasteiger partial charge on any atom is 0.333 e. The molecule has 0 unspecified atom stereocenters. The molecule has 11 rings (SSSR count). The smallest absolute Gasteiger partial charge is 0.333 e. The van der Waals surface area contributed by atoms with Gasteiger partial charge in [-0.1, -0.05) is 144 Å². The quantitative estimate of drug-likeness (QED) is 0.165. The molecule has 0 radical (unpaired) electrons. The maximum atomic E-state index is 2.72. The molecule has 0 amide bonds. The summed E-state index contributed by atoms with van der Waals surface area (Å²) in [6.07, 6.45) is 0. The molecule has 0 saturated heterocycles. The summed E-state index contributed by atoms with van der Waals surface area (Å²) in [4.78, 5) is 2.72. The molecule has 8 aromatic rings. The monoisotopic (exact) mass is 680 g/mol. The number of fused-ring (bicyclic) bond motifs is 11. The van der Waals surface area contributed by atoms with Crippen LogP contribution in [0.3, 0.4) is 0 Å². The van der Waals surface area contributed by atoms with Crippen LogP contribution in [0.4, 0.5) is 11.4 Å². The third-order valence-electron chi connectivity index (χ3n) is 12.5. The molecule has 53 heavy (non-hydrogen) atoms. The van der Waals surface area contributed by atoms with Gasteiger partial charge in [0.1, 0.15) is 0 Å². The molecule has 1 aromatic heterocycles. The van der Waals surface area contributed by atoms with Gasteiger partial charge in [0.05, 0.1) is 11.0 Å². The van der Waals surface area contributed by atoms with Gasteiger partial charge in [-0.3, -0.25) is 0 Å². The lowest BCUT2D eigenvalue weighted by atomic mass is 9.43. The van der Waals surface area contributed by atoms with Gasteiger partial charge >= 0.3 is 6.85 Å². The van der Waals surface area contributed by atoms with E-state index in [0.29, 0.717) is 0 Å². The van der Waals surface area contributed by atoms with Crippen LogP contribution in [0.15, 0.2) is 140 Å². The molecule has 2 nitrogen and oxygen atoms in total. The minimum Gasteiger partial charge on any atom is -0.376 e. The number of anilines is 2. The predicted molar refractivity (Wildman–Crippen MR) is 226 cm³/mol. The van der Waals surface area contributed by atoms with Gasteiger partial charge in [0.25, 0.3) is 0 Å².